The molecular formula is C25H28N4O5S. The van der Waals surface area contributed by atoms with E-state index in [1.54, 1.807) is 24.4 Å². The maximum atomic E-state index is 12.5. The lowest BCUT2D eigenvalue weighted by atomic mass is 10.2. The van der Waals surface area contributed by atoms with Crippen molar-refractivity contribution in [2.24, 2.45) is 0 Å². The molecule has 0 saturated heterocycles. The number of sulfonamides is 1. The average molecular weight is 497 g/mol. The van der Waals surface area contributed by atoms with Gasteiger partial charge in [-0.05, 0) is 24.6 Å². The number of rotatable bonds is 10. The second kappa shape index (κ2) is 10.4. The Kier molecular flexibility index (Phi) is 7.32. The fourth-order valence-electron chi connectivity index (χ4n) is 3.70. The molecule has 35 heavy (non-hydrogen) atoms. The number of carbonyl (C=O) groups is 1. The van der Waals surface area contributed by atoms with Crippen LogP contribution in [0.3, 0.4) is 0 Å². The molecule has 10 heteroatoms. The molecule has 184 valence electrons. The average Bonchev–Trinajstić information content (AvgIpc) is 3.46. The van der Waals surface area contributed by atoms with Gasteiger partial charge in [-0.3, -0.25) is 4.79 Å². The van der Waals surface area contributed by atoms with Crippen LogP contribution in [0.5, 0.6) is 0 Å². The molecular weight excluding hydrogens is 468 g/mol. The predicted octanol–water partition coefficient (Wildman–Crippen LogP) is 4.03. The molecule has 0 aliphatic carbocycles. The van der Waals surface area contributed by atoms with Crippen molar-refractivity contribution in [3.05, 3.63) is 66.4 Å². The Hall–Kier alpha value is -3.50. The number of imidazole rings is 1. The van der Waals surface area contributed by atoms with Crippen molar-refractivity contribution in [3.63, 3.8) is 0 Å². The molecule has 0 radical (unpaired) electrons. The van der Waals surface area contributed by atoms with Gasteiger partial charge in [0.05, 0.1) is 28.5 Å². The Balaban J connectivity index is 1.43. The second-order valence-electron chi connectivity index (χ2n) is 8.26. The zero-order valence-corrected chi connectivity index (χ0v) is 20.8. The molecule has 4 rings (SSSR count). The maximum absolute atomic E-state index is 12.5. The molecule has 0 unspecified atom stereocenters. The summed E-state index contributed by atoms with van der Waals surface area (Å²) in [7, 11) is -0.602. The van der Waals surface area contributed by atoms with Crippen LogP contribution in [0.15, 0.2) is 64.0 Å². The van der Waals surface area contributed by atoms with Gasteiger partial charge in [0.25, 0.3) is 0 Å². The Morgan fingerprint density at radius 1 is 1.14 bits per heavy atom. The van der Waals surface area contributed by atoms with Gasteiger partial charge in [0.15, 0.2) is 11.7 Å². The highest BCUT2D eigenvalue weighted by Crippen LogP contribution is 2.23. The molecule has 0 N–H and O–H groups in total. The van der Waals surface area contributed by atoms with Crippen LogP contribution >= 0.6 is 0 Å². The molecule has 0 aliphatic heterocycles. The zero-order valence-electron chi connectivity index (χ0n) is 20.0. The first-order chi connectivity index (χ1) is 16.8. The lowest BCUT2D eigenvalue weighted by Crippen LogP contribution is -2.22. The smallest absolute Gasteiger partial charge is 0.306 e. The number of nitrogens with zero attached hydrogens (tertiary/aromatic N) is 4. The Labute approximate surface area is 204 Å². The van der Waals surface area contributed by atoms with Gasteiger partial charge in [-0.15, -0.1) is 0 Å². The number of carbonyl (C=O) groups excluding carboxylic acids is 1. The molecule has 2 heterocycles. The van der Waals surface area contributed by atoms with Gasteiger partial charge >= 0.3 is 5.97 Å². The monoisotopic (exact) mass is 496 g/mol. The summed E-state index contributed by atoms with van der Waals surface area (Å²) < 4.78 is 39.3. The Morgan fingerprint density at radius 2 is 1.91 bits per heavy atom. The Morgan fingerprint density at radius 3 is 2.63 bits per heavy atom. The van der Waals surface area contributed by atoms with Crippen molar-refractivity contribution >= 4 is 27.0 Å². The third kappa shape index (κ3) is 5.44. The summed E-state index contributed by atoms with van der Waals surface area (Å²) in [5.41, 5.74) is 2.26. The van der Waals surface area contributed by atoms with Crippen LogP contribution in [-0.4, -0.2) is 47.3 Å². The fourth-order valence-corrected chi connectivity index (χ4v) is 4.62. The molecule has 0 atom stereocenters. The van der Waals surface area contributed by atoms with Crippen LogP contribution in [0, 0.1) is 0 Å². The van der Waals surface area contributed by atoms with Crippen molar-refractivity contribution in [1.82, 2.24) is 18.8 Å². The van der Waals surface area contributed by atoms with Gasteiger partial charge in [-0.2, -0.15) is 0 Å². The fraction of sp³-hybridized carbons (Fsp3) is 0.320. The summed E-state index contributed by atoms with van der Waals surface area (Å²) in [5.74, 6) is 1.29. The van der Waals surface area contributed by atoms with Gasteiger partial charge in [-0.1, -0.05) is 37.3 Å². The molecule has 0 saturated carbocycles. The second-order valence-corrected chi connectivity index (χ2v) is 10.4. The summed E-state index contributed by atoms with van der Waals surface area (Å²) in [4.78, 5) is 21.4. The van der Waals surface area contributed by atoms with E-state index < -0.39 is 16.0 Å². The minimum Gasteiger partial charge on any atom is -0.457 e. The number of aryl methyl sites for hydroxylation is 2. The summed E-state index contributed by atoms with van der Waals surface area (Å²) in [6.45, 7) is 2.69. The number of hydrogen-bond donors (Lipinski definition) is 0. The summed E-state index contributed by atoms with van der Waals surface area (Å²) >= 11 is 0. The van der Waals surface area contributed by atoms with E-state index in [-0.39, 0.29) is 17.9 Å². The summed E-state index contributed by atoms with van der Waals surface area (Å²) in [5, 5.41) is 0. The molecule has 0 amide bonds. The highest BCUT2D eigenvalue weighted by Gasteiger charge is 2.20. The number of esters is 1. The number of aromatic nitrogens is 3. The minimum atomic E-state index is -3.58. The maximum Gasteiger partial charge on any atom is 0.306 e. The van der Waals surface area contributed by atoms with Gasteiger partial charge in [0.2, 0.25) is 10.0 Å². The summed E-state index contributed by atoms with van der Waals surface area (Å²) in [6, 6.07) is 14.5. The number of hydrogen-bond acceptors (Lipinski definition) is 7. The van der Waals surface area contributed by atoms with Crippen LogP contribution in [0.4, 0.5) is 0 Å². The SMILES string of the molecule is CCCn1c(COC(=O)CCc2ncc(-c3ccccc3)o2)nc2cc(S(=O)(=O)N(C)C)ccc21. The molecule has 2 aromatic carbocycles. The highest BCUT2D eigenvalue weighted by molar-refractivity contribution is 7.89. The van der Waals surface area contributed by atoms with Crippen LogP contribution in [0.2, 0.25) is 0 Å². The first kappa shape index (κ1) is 24.6. The van der Waals surface area contributed by atoms with Crippen LogP contribution in [-0.2, 0) is 39.1 Å². The van der Waals surface area contributed by atoms with Crippen molar-refractivity contribution in [2.45, 2.75) is 44.2 Å². The quantitative estimate of drug-likeness (QED) is 0.305. The molecule has 4 aromatic rings. The van der Waals surface area contributed by atoms with E-state index in [1.165, 1.54) is 14.1 Å². The van der Waals surface area contributed by atoms with Crippen LogP contribution in [0.1, 0.15) is 31.5 Å². The predicted molar refractivity (Wildman–Crippen MR) is 131 cm³/mol. The first-order valence-electron chi connectivity index (χ1n) is 11.4. The number of benzene rings is 2. The van der Waals surface area contributed by atoms with Crippen molar-refractivity contribution < 1.29 is 22.4 Å². The van der Waals surface area contributed by atoms with Gasteiger partial charge in [0, 0.05) is 32.6 Å². The first-order valence-corrected chi connectivity index (χ1v) is 12.8. The molecule has 0 spiro atoms. The minimum absolute atomic E-state index is 0.00980. The van der Waals surface area contributed by atoms with E-state index in [4.69, 9.17) is 9.15 Å². The molecule has 2 aromatic heterocycles. The van der Waals surface area contributed by atoms with E-state index in [2.05, 4.69) is 9.97 Å². The van der Waals surface area contributed by atoms with E-state index in [9.17, 15) is 13.2 Å². The normalized spacial score (nSPS) is 11.9. The number of oxazole rings is 1. The largest absolute Gasteiger partial charge is 0.457 e. The van der Waals surface area contributed by atoms with Gasteiger partial charge in [-0.25, -0.2) is 22.7 Å². The summed E-state index contributed by atoms with van der Waals surface area (Å²) in [6.07, 6.45) is 2.93. The van der Waals surface area contributed by atoms with Crippen LogP contribution in [0.25, 0.3) is 22.4 Å². The van der Waals surface area contributed by atoms with E-state index in [1.807, 2.05) is 41.8 Å². The lowest BCUT2D eigenvalue weighted by molar-refractivity contribution is -0.145. The topological polar surface area (TPSA) is 108 Å². The molecule has 0 aliphatic rings. The zero-order chi connectivity index (χ0) is 25.0. The lowest BCUT2D eigenvalue weighted by Gasteiger charge is -2.11. The Bertz CT molecular complexity index is 1420. The van der Waals surface area contributed by atoms with E-state index >= 15 is 0 Å². The van der Waals surface area contributed by atoms with Gasteiger partial charge in [0.1, 0.15) is 12.4 Å². The number of ether oxygens (including phenoxy) is 1. The third-order valence-electron chi connectivity index (χ3n) is 5.54. The molecule has 9 nitrogen and oxygen atoms in total. The molecule has 0 fully saturated rings. The van der Waals surface area contributed by atoms with Gasteiger partial charge < -0.3 is 13.7 Å². The number of fused-ring (bicyclic) bond motifs is 1. The highest BCUT2D eigenvalue weighted by atomic mass is 32.2. The van der Waals surface area contributed by atoms with E-state index in [0.29, 0.717) is 36.0 Å². The third-order valence-corrected chi connectivity index (χ3v) is 7.35. The van der Waals surface area contributed by atoms with Crippen LogP contribution < -0.4 is 0 Å². The van der Waals surface area contributed by atoms with E-state index in [0.717, 1.165) is 21.8 Å². The molecule has 0 bridgehead atoms. The van der Waals surface area contributed by atoms with Crippen molar-refractivity contribution in [2.75, 3.05) is 14.1 Å². The van der Waals surface area contributed by atoms with Crippen molar-refractivity contribution in [1.29, 1.82) is 0 Å². The van der Waals surface area contributed by atoms with Crippen molar-refractivity contribution in [3.8, 4) is 11.3 Å². The standard InChI is InChI=1S/C25H28N4O5S/c1-4-14-29-21-11-10-19(35(31,32)28(2)3)15-20(21)27-23(29)17-33-25(30)13-12-24-26-16-22(34-24)18-8-6-5-7-9-18/h5-11,15-16H,4,12-14,17H2,1-3H3.